The summed E-state index contributed by atoms with van der Waals surface area (Å²) in [6.45, 7) is 8.21. The summed E-state index contributed by atoms with van der Waals surface area (Å²) in [7, 11) is 1.87. The molecule has 0 aliphatic heterocycles. The van der Waals surface area contributed by atoms with Crippen LogP contribution in [0.15, 0.2) is 18.2 Å². The zero-order valence-corrected chi connectivity index (χ0v) is 12.1. The Morgan fingerprint density at radius 3 is 2.50 bits per heavy atom. The van der Waals surface area contributed by atoms with Gasteiger partial charge in [0.25, 0.3) is 5.91 Å². The minimum Gasteiger partial charge on any atom is -0.388 e. The van der Waals surface area contributed by atoms with Crippen LogP contribution in [0.5, 0.6) is 0 Å². The van der Waals surface area contributed by atoms with Crippen molar-refractivity contribution in [1.82, 2.24) is 5.32 Å². The SMILES string of the molecule is CCCC(C)(C)NC(=O)c1ccc(NC)cc1C. The summed E-state index contributed by atoms with van der Waals surface area (Å²) < 4.78 is 0. The molecule has 100 valence electrons. The number of aryl methyl sites for hydroxylation is 1. The van der Waals surface area contributed by atoms with E-state index in [1.807, 2.05) is 32.2 Å². The van der Waals surface area contributed by atoms with E-state index >= 15 is 0 Å². The number of hydrogen-bond acceptors (Lipinski definition) is 2. The van der Waals surface area contributed by atoms with Gasteiger partial charge in [0.1, 0.15) is 0 Å². The van der Waals surface area contributed by atoms with Crippen LogP contribution in [-0.4, -0.2) is 18.5 Å². The second-order valence-electron chi connectivity index (χ2n) is 5.37. The highest BCUT2D eigenvalue weighted by molar-refractivity contribution is 5.96. The highest BCUT2D eigenvalue weighted by atomic mass is 16.1. The Kier molecular flexibility index (Phi) is 4.76. The number of amides is 1. The number of anilines is 1. The Morgan fingerprint density at radius 2 is 2.00 bits per heavy atom. The third kappa shape index (κ3) is 3.76. The first-order valence-electron chi connectivity index (χ1n) is 6.50. The fourth-order valence-corrected chi connectivity index (χ4v) is 2.14. The van der Waals surface area contributed by atoms with Gasteiger partial charge >= 0.3 is 0 Å². The van der Waals surface area contributed by atoms with E-state index in [2.05, 4.69) is 31.4 Å². The molecule has 0 saturated heterocycles. The Bertz CT molecular complexity index is 425. The lowest BCUT2D eigenvalue weighted by Gasteiger charge is -2.26. The van der Waals surface area contributed by atoms with Crippen LogP contribution in [0.2, 0.25) is 0 Å². The lowest BCUT2D eigenvalue weighted by molar-refractivity contribution is 0.0908. The largest absolute Gasteiger partial charge is 0.388 e. The highest BCUT2D eigenvalue weighted by Crippen LogP contribution is 2.17. The first kappa shape index (κ1) is 14.6. The van der Waals surface area contributed by atoms with Crippen molar-refractivity contribution < 1.29 is 4.79 Å². The number of rotatable bonds is 5. The van der Waals surface area contributed by atoms with Gasteiger partial charge in [0.05, 0.1) is 0 Å². The van der Waals surface area contributed by atoms with Gasteiger partial charge in [-0.2, -0.15) is 0 Å². The normalized spacial score (nSPS) is 11.2. The fourth-order valence-electron chi connectivity index (χ4n) is 2.14. The summed E-state index contributed by atoms with van der Waals surface area (Å²) in [5.74, 6) is 0.00797. The van der Waals surface area contributed by atoms with E-state index < -0.39 is 0 Å². The maximum atomic E-state index is 12.2. The van der Waals surface area contributed by atoms with E-state index in [1.54, 1.807) is 0 Å². The van der Waals surface area contributed by atoms with Crippen molar-refractivity contribution in [3.05, 3.63) is 29.3 Å². The molecule has 0 heterocycles. The van der Waals surface area contributed by atoms with Crippen LogP contribution in [0.3, 0.4) is 0 Å². The molecule has 0 radical (unpaired) electrons. The Hall–Kier alpha value is -1.51. The van der Waals surface area contributed by atoms with Gasteiger partial charge in [-0.3, -0.25) is 4.79 Å². The maximum Gasteiger partial charge on any atom is 0.251 e. The molecule has 0 fully saturated rings. The monoisotopic (exact) mass is 248 g/mol. The fraction of sp³-hybridized carbons (Fsp3) is 0.533. The van der Waals surface area contributed by atoms with Gasteiger partial charge in [-0.1, -0.05) is 13.3 Å². The van der Waals surface area contributed by atoms with Crippen molar-refractivity contribution in [3.8, 4) is 0 Å². The second-order valence-corrected chi connectivity index (χ2v) is 5.37. The summed E-state index contributed by atoms with van der Waals surface area (Å²) >= 11 is 0. The van der Waals surface area contributed by atoms with Crippen LogP contribution in [0.25, 0.3) is 0 Å². The molecule has 0 aromatic heterocycles. The van der Waals surface area contributed by atoms with Crippen LogP contribution in [0, 0.1) is 6.92 Å². The van der Waals surface area contributed by atoms with E-state index in [0.29, 0.717) is 0 Å². The molecule has 1 amide bonds. The minimum atomic E-state index is -0.153. The van der Waals surface area contributed by atoms with E-state index in [0.717, 1.165) is 29.7 Å². The molecule has 1 aromatic rings. The van der Waals surface area contributed by atoms with Crippen molar-refractivity contribution in [2.24, 2.45) is 0 Å². The molecule has 0 unspecified atom stereocenters. The summed E-state index contributed by atoms with van der Waals surface area (Å²) in [5.41, 5.74) is 2.61. The average molecular weight is 248 g/mol. The zero-order valence-electron chi connectivity index (χ0n) is 12.1. The maximum absolute atomic E-state index is 12.2. The molecule has 1 rings (SSSR count). The third-order valence-electron chi connectivity index (χ3n) is 3.09. The average Bonchev–Trinajstić information content (AvgIpc) is 2.27. The lowest BCUT2D eigenvalue weighted by atomic mass is 9.97. The molecule has 0 aliphatic carbocycles. The van der Waals surface area contributed by atoms with Crippen molar-refractivity contribution in [3.63, 3.8) is 0 Å². The van der Waals surface area contributed by atoms with Crippen molar-refractivity contribution in [2.45, 2.75) is 46.1 Å². The number of benzene rings is 1. The summed E-state index contributed by atoms with van der Waals surface area (Å²) in [4.78, 5) is 12.2. The van der Waals surface area contributed by atoms with E-state index in [1.165, 1.54) is 0 Å². The third-order valence-corrected chi connectivity index (χ3v) is 3.09. The number of nitrogens with one attached hydrogen (secondary N) is 2. The summed E-state index contributed by atoms with van der Waals surface area (Å²) in [5, 5.41) is 6.16. The van der Waals surface area contributed by atoms with Crippen molar-refractivity contribution in [2.75, 3.05) is 12.4 Å². The van der Waals surface area contributed by atoms with Crippen LogP contribution < -0.4 is 10.6 Å². The molecule has 0 spiro atoms. The topological polar surface area (TPSA) is 41.1 Å². The smallest absolute Gasteiger partial charge is 0.251 e. The molecule has 0 saturated carbocycles. The Balaban J connectivity index is 2.85. The van der Waals surface area contributed by atoms with Crippen LogP contribution in [-0.2, 0) is 0 Å². The van der Waals surface area contributed by atoms with Gasteiger partial charge < -0.3 is 10.6 Å². The van der Waals surface area contributed by atoms with Gasteiger partial charge in [-0.15, -0.1) is 0 Å². The highest BCUT2D eigenvalue weighted by Gasteiger charge is 2.20. The second kappa shape index (κ2) is 5.89. The molecule has 1 aromatic carbocycles. The molecular weight excluding hydrogens is 224 g/mol. The van der Waals surface area contributed by atoms with Crippen LogP contribution >= 0.6 is 0 Å². The Morgan fingerprint density at radius 1 is 1.33 bits per heavy atom. The van der Waals surface area contributed by atoms with E-state index in [4.69, 9.17) is 0 Å². The molecule has 2 N–H and O–H groups in total. The van der Waals surface area contributed by atoms with Crippen molar-refractivity contribution in [1.29, 1.82) is 0 Å². The molecule has 3 nitrogen and oxygen atoms in total. The van der Waals surface area contributed by atoms with Gasteiger partial charge in [0.2, 0.25) is 0 Å². The first-order chi connectivity index (χ1) is 8.39. The zero-order chi connectivity index (χ0) is 13.8. The number of hydrogen-bond donors (Lipinski definition) is 2. The molecular formula is C15H24N2O. The summed E-state index contributed by atoms with van der Waals surface area (Å²) in [6.07, 6.45) is 2.04. The predicted molar refractivity (Wildman–Crippen MR) is 77.2 cm³/mol. The predicted octanol–water partition coefficient (Wildman–Crippen LogP) is 3.35. The van der Waals surface area contributed by atoms with Gasteiger partial charge in [0, 0.05) is 23.8 Å². The van der Waals surface area contributed by atoms with Gasteiger partial charge in [0.15, 0.2) is 0 Å². The van der Waals surface area contributed by atoms with Crippen LogP contribution in [0.1, 0.15) is 49.5 Å². The number of carbonyl (C=O) groups excluding carboxylic acids is 1. The molecule has 18 heavy (non-hydrogen) atoms. The van der Waals surface area contributed by atoms with Gasteiger partial charge in [-0.05, 0) is 51.0 Å². The van der Waals surface area contributed by atoms with Gasteiger partial charge in [-0.25, -0.2) is 0 Å². The molecule has 0 aliphatic rings. The summed E-state index contributed by atoms with van der Waals surface area (Å²) in [6, 6.07) is 5.79. The molecule has 3 heteroatoms. The van der Waals surface area contributed by atoms with Crippen molar-refractivity contribution >= 4 is 11.6 Å². The molecule has 0 bridgehead atoms. The van der Waals surface area contributed by atoms with E-state index in [9.17, 15) is 4.79 Å². The standard InChI is InChI=1S/C15H24N2O/c1-6-9-15(3,4)17-14(18)13-8-7-12(16-5)10-11(13)2/h7-8,10,16H,6,9H2,1-5H3,(H,17,18). The quantitative estimate of drug-likeness (QED) is 0.839. The number of carbonyl (C=O) groups is 1. The van der Waals surface area contributed by atoms with Crippen LogP contribution in [0.4, 0.5) is 5.69 Å². The first-order valence-corrected chi connectivity index (χ1v) is 6.50. The molecule has 0 atom stereocenters. The lowest BCUT2D eigenvalue weighted by Crippen LogP contribution is -2.43. The minimum absolute atomic E-state index is 0.00797. The van der Waals surface area contributed by atoms with E-state index in [-0.39, 0.29) is 11.4 Å². The Labute approximate surface area is 110 Å².